The molecule has 3 rings (SSSR count). The molecule has 1 aliphatic carbocycles. The molecule has 1 atom stereocenters. The van der Waals surface area contributed by atoms with Crippen LogP contribution in [0.5, 0.6) is 0 Å². The third-order valence-electron chi connectivity index (χ3n) is 5.72. The van der Waals surface area contributed by atoms with Gasteiger partial charge in [0.05, 0.1) is 11.7 Å². The van der Waals surface area contributed by atoms with Crippen LogP contribution in [0, 0.1) is 11.7 Å². The standard InChI is InChI=1S/C20H30FN3O/c1-16(20(25)22-15-17-7-3-2-4-8-17)23-11-13-24(14-12-23)19-10-6-5-9-18(19)21/h5-6,9-10,16-17H,2-4,7-8,11-15H2,1H3,(H,22,25). The van der Waals surface area contributed by atoms with Crippen molar-refractivity contribution in [3.05, 3.63) is 30.1 Å². The fraction of sp³-hybridized carbons (Fsp3) is 0.650. The molecule has 138 valence electrons. The topological polar surface area (TPSA) is 35.6 Å². The number of hydrogen-bond acceptors (Lipinski definition) is 3. The van der Waals surface area contributed by atoms with Gasteiger partial charge in [-0.25, -0.2) is 4.39 Å². The summed E-state index contributed by atoms with van der Waals surface area (Å²) >= 11 is 0. The van der Waals surface area contributed by atoms with E-state index in [-0.39, 0.29) is 17.8 Å². The summed E-state index contributed by atoms with van der Waals surface area (Å²) in [6.45, 7) is 5.87. The predicted molar refractivity (Wildman–Crippen MR) is 99.2 cm³/mol. The van der Waals surface area contributed by atoms with Crippen LogP contribution < -0.4 is 10.2 Å². The Morgan fingerprint density at radius 2 is 1.84 bits per heavy atom. The molecule has 4 nitrogen and oxygen atoms in total. The van der Waals surface area contributed by atoms with Crippen molar-refractivity contribution in [1.29, 1.82) is 0 Å². The number of rotatable bonds is 5. The van der Waals surface area contributed by atoms with Crippen molar-refractivity contribution in [2.75, 3.05) is 37.6 Å². The Hall–Kier alpha value is -1.62. The molecule has 0 bridgehead atoms. The average Bonchev–Trinajstić information content (AvgIpc) is 2.67. The molecule has 1 amide bonds. The Labute approximate surface area is 150 Å². The maximum Gasteiger partial charge on any atom is 0.237 e. The molecule has 1 saturated carbocycles. The number of benzene rings is 1. The van der Waals surface area contributed by atoms with Crippen LogP contribution in [0.1, 0.15) is 39.0 Å². The van der Waals surface area contributed by atoms with Gasteiger partial charge in [0.1, 0.15) is 5.82 Å². The van der Waals surface area contributed by atoms with Crippen LogP contribution in [0.25, 0.3) is 0 Å². The quantitative estimate of drug-likeness (QED) is 0.889. The maximum atomic E-state index is 13.9. The van der Waals surface area contributed by atoms with Crippen molar-refractivity contribution in [2.45, 2.75) is 45.1 Å². The number of anilines is 1. The number of amides is 1. The van der Waals surface area contributed by atoms with Gasteiger partial charge in [0.25, 0.3) is 0 Å². The van der Waals surface area contributed by atoms with Crippen LogP contribution in [0.4, 0.5) is 10.1 Å². The zero-order valence-electron chi connectivity index (χ0n) is 15.2. The lowest BCUT2D eigenvalue weighted by atomic mass is 9.89. The molecule has 1 aromatic carbocycles. The highest BCUT2D eigenvalue weighted by molar-refractivity contribution is 5.81. The maximum absolute atomic E-state index is 13.9. The van der Waals surface area contributed by atoms with Crippen molar-refractivity contribution in [3.8, 4) is 0 Å². The van der Waals surface area contributed by atoms with E-state index in [4.69, 9.17) is 0 Å². The number of carbonyl (C=O) groups is 1. The Kier molecular flexibility index (Phi) is 6.29. The molecule has 1 unspecified atom stereocenters. The third kappa shape index (κ3) is 4.72. The fourth-order valence-corrected chi connectivity index (χ4v) is 4.01. The first kappa shape index (κ1) is 18.2. The second kappa shape index (κ2) is 8.65. The zero-order chi connectivity index (χ0) is 17.6. The normalized spacial score (nSPS) is 21.1. The van der Waals surface area contributed by atoms with Crippen molar-refractivity contribution < 1.29 is 9.18 Å². The summed E-state index contributed by atoms with van der Waals surface area (Å²) in [5.41, 5.74) is 0.663. The number of carbonyl (C=O) groups excluding carboxylic acids is 1. The minimum absolute atomic E-state index is 0.119. The van der Waals surface area contributed by atoms with Gasteiger partial charge in [0, 0.05) is 32.7 Å². The second-order valence-electron chi connectivity index (χ2n) is 7.40. The molecule has 5 heteroatoms. The Morgan fingerprint density at radius 1 is 1.16 bits per heavy atom. The van der Waals surface area contributed by atoms with Gasteiger partial charge >= 0.3 is 0 Å². The first-order valence-electron chi connectivity index (χ1n) is 9.66. The van der Waals surface area contributed by atoms with Crippen molar-refractivity contribution in [1.82, 2.24) is 10.2 Å². The van der Waals surface area contributed by atoms with E-state index < -0.39 is 0 Å². The number of para-hydroxylation sites is 1. The molecule has 0 aromatic heterocycles. The highest BCUT2D eigenvalue weighted by atomic mass is 19.1. The molecule has 25 heavy (non-hydrogen) atoms. The van der Waals surface area contributed by atoms with E-state index in [1.165, 1.54) is 38.2 Å². The van der Waals surface area contributed by atoms with Gasteiger partial charge in [-0.15, -0.1) is 0 Å². The van der Waals surface area contributed by atoms with E-state index in [0.717, 1.165) is 32.7 Å². The Morgan fingerprint density at radius 3 is 2.52 bits per heavy atom. The number of nitrogens with one attached hydrogen (secondary N) is 1. The van der Waals surface area contributed by atoms with Gasteiger partial charge in [-0.05, 0) is 37.8 Å². The monoisotopic (exact) mass is 347 g/mol. The largest absolute Gasteiger partial charge is 0.367 e. The summed E-state index contributed by atoms with van der Waals surface area (Å²) in [6, 6.07) is 6.79. The lowest BCUT2D eigenvalue weighted by Gasteiger charge is -2.38. The minimum Gasteiger partial charge on any atom is -0.367 e. The van der Waals surface area contributed by atoms with Gasteiger partial charge in [-0.3, -0.25) is 9.69 Å². The lowest BCUT2D eigenvalue weighted by molar-refractivity contribution is -0.126. The van der Waals surface area contributed by atoms with Crippen molar-refractivity contribution in [2.24, 2.45) is 5.92 Å². The smallest absolute Gasteiger partial charge is 0.237 e. The summed E-state index contributed by atoms with van der Waals surface area (Å²) in [5.74, 6) is 0.613. The van der Waals surface area contributed by atoms with Crippen LogP contribution in [0.15, 0.2) is 24.3 Å². The molecular weight excluding hydrogens is 317 g/mol. The van der Waals surface area contributed by atoms with Gasteiger partial charge in [-0.2, -0.15) is 0 Å². The average molecular weight is 347 g/mol. The van der Waals surface area contributed by atoms with E-state index in [1.54, 1.807) is 6.07 Å². The van der Waals surface area contributed by atoms with E-state index in [9.17, 15) is 9.18 Å². The first-order valence-corrected chi connectivity index (χ1v) is 9.66. The number of piperazine rings is 1. The summed E-state index contributed by atoms with van der Waals surface area (Å²) < 4.78 is 13.9. The lowest BCUT2D eigenvalue weighted by Crippen LogP contribution is -2.54. The SMILES string of the molecule is CC(C(=O)NCC1CCCCC1)N1CCN(c2ccccc2F)CC1. The Bertz CT molecular complexity index is 566. The van der Waals surface area contributed by atoms with Crippen LogP contribution >= 0.6 is 0 Å². The predicted octanol–water partition coefficient (Wildman–Crippen LogP) is 3.03. The highest BCUT2D eigenvalue weighted by Crippen LogP contribution is 2.23. The third-order valence-corrected chi connectivity index (χ3v) is 5.72. The molecule has 0 spiro atoms. The van der Waals surface area contributed by atoms with Gasteiger partial charge in [0.15, 0.2) is 0 Å². The summed E-state index contributed by atoms with van der Waals surface area (Å²) in [6.07, 6.45) is 6.43. The Balaban J connectivity index is 1.45. The molecule has 1 aromatic rings. The summed E-state index contributed by atoms with van der Waals surface area (Å²) in [7, 11) is 0. The molecule has 2 aliphatic rings. The zero-order valence-corrected chi connectivity index (χ0v) is 15.2. The molecule has 1 N–H and O–H groups in total. The number of halogens is 1. The van der Waals surface area contributed by atoms with Crippen LogP contribution in [-0.4, -0.2) is 49.6 Å². The van der Waals surface area contributed by atoms with E-state index in [1.807, 2.05) is 19.1 Å². The first-order chi connectivity index (χ1) is 12.1. The van der Waals surface area contributed by atoms with E-state index in [0.29, 0.717) is 11.6 Å². The molecule has 1 aliphatic heterocycles. The summed E-state index contributed by atoms with van der Waals surface area (Å²) in [4.78, 5) is 16.7. The summed E-state index contributed by atoms with van der Waals surface area (Å²) in [5, 5.41) is 3.15. The van der Waals surface area contributed by atoms with Crippen LogP contribution in [0.2, 0.25) is 0 Å². The van der Waals surface area contributed by atoms with Gasteiger partial charge in [-0.1, -0.05) is 31.4 Å². The minimum atomic E-state index is -0.172. The van der Waals surface area contributed by atoms with Gasteiger partial charge in [0.2, 0.25) is 5.91 Å². The second-order valence-corrected chi connectivity index (χ2v) is 7.40. The molecular formula is C20H30FN3O. The van der Waals surface area contributed by atoms with E-state index in [2.05, 4.69) is 15.1 Å². The number of hydrogen-bond donors (Lipinski definition) is 1. The van der Waals surface area contributed by atoms with Crippen LogP contribution in [0.3, 0.4) is 0 Å². The van der Waals surface area contributed by atoms with Crippen LogP contribution in [-0.2, 0) is 4.79 Å². The van der Waals surface area contributed by atoms with E-state index >= 15 is 0 Å². The van der Waals surface area contributed by atoms with Crippen molar-refractivity contribution in [3.63, 3.8) is 0 Å². The fourth-order valence-electron chi connectivity index (χ4n) is 4.01. The molecule has 0 radical (unpaired) electrons. The highest BCUT2D eigenvalue weighted by Gasteiger charge is 2.26. The molecule has 2 fully saturated rings. The van der Waals surface area contributed by atoms with Crippen molar-refractivity contribution >= 4 is 11.6 Å². The van der Waals surface area contributed by atoms with Gasteiger partial charge < -0.3 is 10.2 Å². The number of nitrogens with zero attached hydrogens (tertiary/aromatic N) is 2. The molecule has 1 heterocycles. The molecule has 1 saturated heterocycles.